The van der Waals surface area contributed by atoms with Gasteiger partial charge in [-0.05, 0) is 48.4 Å². The maximum atomic E-state index is 12.6. The highest BCUT2D eigenvalue weighted by Crippen LogP contribution is 2.28. The minimum absolute atomic E-state index is 0.0332. The zero-order valence-corrected chi connectivity index (χ0v) is 15.2. The molecule has 0 spiro atoms. The Morgan fingerprint density at radius 3 is 2.82 bits per heavy atom. The number of guanidine groups is 1. The number of ether oxygens (including phenoxy) is 1. The van der Waals surface area contributed by atoms with Crippen molar-refractivity contribution in [2.24, 2.45) is 16.6 Å². The summed E-state index contributed by atoms with van der Waals surface area (Å²) in [7, 11) is 1.61. The number of hydrogen-bond acceptors (Lipinski definition) is 4. The highest BCUT2D eigenvalue weighted by atomic mass is 16.5. The molecule has 1 heterocycles. The molecule has 0 atom stereocenters. The molecule has 0 bridgehead atoms. The van der Waals surface area contributed by atoms with E-state index < -0.39 is 0 Å². The van der Waals surface area contributed by atoms with E-state index in [1.54, 1.807) is 13.2 Å². The molecule has 1 aliphatic rings. The summed E-state index contributed by atoms with van der Waals surface area (Å²) in [5.41, 5.74) is 18.5. The van der Waals surface area contributed by atoms with Gasteiger partial charge in [0.2, 0.25) is 5.96 Å². The van der Waals surface area contributed by atoms with Gasteiger partial charge in [-0.3, -0.25) is 10.2 Å². The number of aromatic amines is 1. The van der Waals surface area contributed by atoms with Crippen molar-refractivity contribution in [3.63, 3.8) is 0 Å². The number of allylic oxidation sites excluding steroid dienone is 1. The number of rotatable bonds is 5. The van der Waals surface area contributed by atoms with Crippen molar-refractivity contribution in [2.75, 3.05) is 12.4 Å². The Labute approximate surface area is 161 Å². The Morgan fingerprint density at radius 1 is 1.18 bits per heavy atom. The molecule has 28 heavy (non-hydrogen) atoms. The average Bonchev–Trinajstić information content (AvgIpc) is 3.29. The molecule has 0 radical (unpaired) electrons. The molecule has 0 saturated carbocycles. The summed E-state index contributed by atoms with van der Waals surface area (Å²) >= 11 is 0. The van der Waals surface area contributed by atoms with Gasteiger partial charge < -0.3 is 26.5 Å². The fraction of sp³-hybridized carbons (Fsp3) is 0.100. The summed E-state index contributed by atoms with van der Waals surface area (Å²) in [6, 6.07) is 13.1. The number of fused-ring (bicyclic) bond motifs is 2. The van der Waals surface area contributed by atoms with E-state index in [0.29, 0.717) is 5.69 Å². The molecular formula is C20H20N6O2. The zero-order valence-electron chi connectivity index (χ0n) is 15.2. The first-order valence-electron chi connectivity index (χ1n) is 8.69. The van der Waals surface area contributed by atoms with Crippen molar-refractivity contribution >= 4 is 34.2 Å². The van der Waals surface area contributed by atoms with Crippen LogP contribution in [0.1, 0.15) is 21.6 Å². The summed E-state index contributed by atoms with van der Waals surface area (Å²) in [6.45, 7) is 0. The summed E-state index contributed by atoms with van der Waals surface area (Å²) in [4.78, 5) is 15.8. The number of carbonyl (C=O) groups excluding carboxylic acids is 1. The second-order valence-electron chi connectivity index (χ2n) is 6.43. The van der Waals surface area contributed by atoms with Gasteiger partial charge in [-0.2, -0.15) is 0 Å². The van der Waals surface area contributed by atoms with E-state index in [0.717, 1.165) is 45.6 Å². The van der Waals surface area contributed by atoms with E-state index in [9.17, 15) is 4.79 Å². The maximum Gasteiger partial charge on any atom is 0.272 e. The van der Waals surface area contributed by atoms with E-state index in [2.05, 4.69) is 20.8 Å². The van der Waals surface area contributed by atoms with Crippen LogP contribution in [0.2, 0.25) is 0 Å². The molecule has 0 unspecified atom stereocenters. The van der Waals surface area contributed by atoms with Crippen LogP contribution >= 0.6 is 0 Å². The molecular weight excluding hydrogens is 356 g/mol. The monoisotopic (exact) mass is 376 g/mol. The van der Waals surface area contributed by atoms with E-state index in [1.165, 1.54) is 0 Å². The van der Waals surface area contributed by atoms with Crippen LogP contribution in [0.5, 0.6) is 5.75 Å². The third kappa shape index (κ3) is 3.35. The van der Waals surface area contributed by atoms with Gasteiger partial charge in [0.15, 0.2) is 0 Å². The first-order chi connectivity index (χ1) is 13.5. The second kappa shape index (κ2) is 6.99. The quantitative estimate of drug-likeness (QED) is 0.264. The highest BCUT2D eigenvalue weighted by Gasteiger charge is 2.16. The Hall–Kier alpha value is -3.94. The Bertz CT molecular complexity index is 1120. The van der Waals surface area contributed by atoms with Crippen LogP contribution in [0.3, 0.4) is 0 Å². The number of nitrogens with zero attached hydrogens (tertiary/aromatic N) is 1. The van der Waals surface area contributed by atoms with Crippen molar-refractivity contribution in [1.29, 1.82) is 0 Å². The Balaban J connectivity index is 1.51. The fourth-order valence-electron chi connectivity index (χ4n) is 3.21. The molecule has 0 saturated heterocycles. The Morgan fingerprint density at radius 2 is 2.04 bits per heavy atom. The fourth-order valence-corrected chi connectivity index (χ4v) is 3.21. The maximum absolute atomic E-state index is 12.6. The summed E-state index contributed by atoms with van der Waals surface area (Å²) in [5, 5.41) is 7.67. The average molecular weight is 376 g/mol. The van der Waals surface area contributed by atoms with E-state index in [-0.39, 0.29) is 11.9 Å². The number of benzene rings is 2. The van der Waals surface area contributed by atoms with Crippen molar-refractivity contribution < 1.29 is 9.53 Å². The molecule has 142 valence electrons. The molecule has 1 aromatic heterocycles. The van der Waals surface area contributed by atoms with Gasteiger partial charge in [-0.25, -0.2) is 0 Å². The predicted octanol–water partition coefficient (Wildman–Crippen LogP) is 2.10. The molecule has 4 rings (SSSR count). The van der Waals surface area contributed by atoms with Crippen molar-refractivity contribution in [2.45, 2.75) is 6.42 Å². The SMILES string of the molecule is COc1ccc2[nH]c(C(=O)Nc3ccc4c(c3)CC=C4NN=C(N)N)cc2c1. The lowest BCUT2D eigenvalue weighted by Crippen LogP contribution is -2.25. The number of carbonyl (C=O) groups is 1. The third-order valence-electron chi connectivity index (χ3n) is 4.56. The van der Waals surface area contributed by atoms with Gasteiger partial charge in [0.05, 0.1) is 12.8 Å². The van der Waals surface area contributed by atoms with Gasteiger partial charge >= 0.3 is 0 Å². The summed E-state index contributed by atoms with van der Waals surface area (Å²) in [5.74, 6) is 0.504. The first-order valence-corrected chi connectivity index (χ1v) is 8.69. The van der Waals surface area contributed by atoms with Crippen LogP contribution in [-0.2, 0) is 6.42 Å². The topological polar surface area (TPSA) is 131 Å². The lowest BCUT2D eigenvalue weighted by Gasteiger charge is -2.09. The molecule has 3 aromatic rings. The lowest BCUT2D eigenvalue weighted by atomic mass is 10.1. The third-order valence-corrected chi connectivity index (χ3v) is 4.56. The van der Waals surface area contributed by atoms with Crippen molar-refractivity contribution in [3.8, 4) is 5.75 Å². The van der Waals surface area contributed by atoms with E-state index in [1.807, 2.05) is 42.5 Å². The smallest absolute Gasteiger partial charge is 0.272 e. The van der Waals surface area contributed by atoms with E-state index >= 15 is 0 Å². The molecule has 8 heteroatoms. The molecule has 8 nitrogen and oxygen atoms in total. The van der Waals surface area contributed by atoms with Crippen LogP contribution in [0, 0.1) is 0 Å². The minimum Gasteiger partial charge on any atom is -0.497 e. The molecule has 0 aliphatic heterocycles. The number of amides is 1. The van der Waals surface area contributed by atoms with Crippen LogP contribution in [-0.4, -0.2) is 24.0 Å². The molecule has 7 N–H and O–H groups in total. The van der Waals surface area contributed by atoms with Gasteiger partial charge in [-0.15, -0.1) is 5.10 Å². The van der Waals surface area contributed by atoms with Gasteiger partial charge in [0, 0.05) is 22.2 Å². The molecule has 1 amide bonds. The minimum atomic E-state index is -0.208. The zero-order chi connectivity index (χ0) is 19.7. The van der Waals surface area contributed by atoms with Crippen LogP contribution < -0.4 is 26.9 Å². The summed E-state index contributed by atoms with van der Waals surface area (Å²) in [6.07, 6.45) is 2.72. The van der Waals surface area contributed by atoms with E-state index in [4.69, 9.17) is 16.2 Å². The number of methoxy groups -OCH3 is 1. The first kappa shape index (κ1) is 17.5. The van der Waals surface area contributed by atoms with Gasteiger partial charge in [0.25, 0.3) is 5.91 Å². The predicted molar refractivity (Wildman–Crippen MR) is 110 cm³/mol. The second-order valence-corrected chi connectivity index (χ2v) is 6.43. The number of aromatic nitrogens is 1. The number of hydrazone groups is 1. The molecule has 1 aliphatic carbocycles. The number of anilines is 1. The summed E-state index contributed by atoms with van der Waals surface area (Å²) < 4.78 is 5.22. The lowest BCUT2D eigenvalue weighted by molar-refractivity contribution is 0.102. The van der Waals surface area contributed by atoms with Crippen LogP contribution in [0.25, 0.3) is 16.6 Å². The number of H-pyrrole nitrogens is 1. The molecule has 2 aromatic carbocycles. The number of nitrogens with one attached hydrogen (secondary N) is 3. The standard InChI is InChI=1S/C20H20N6O2/c1-28-14-4-7-16-12(9-14)10-18(24-16)19(27)23-13-3-5-15-11(8-13)2-6-17(15)25-26-20(21)22/h3-10,24-25H,2H2,1H3,(H,23,27)(H4,21,22,26). The van der Waals surface area contributed by atoms with Crippen LogP contribution in [0.4, 0.5) is 5.69 Å². The Kier molecular flexibility index (Phi) is 4.36. The van der Waals surface area contributed by atoms with Crippen LogP contribution in [0.15, 0.2) is 53.6 Å². The van der Waals surface area contributed by atoms with Gasteiger partial charge in [-0.1, -0.05) is 12.1 Å². The normalized spacial score (nSPS) is 12.2. The highest BCUT2D eigenvalue weighted by molar-refractivity contribution is 6.06. The molecule has 0 fully saturated rings. The van der Waals surface area contributed by atoms with Gasteiger partial charge in [0.1, 0.15) is 11.4 Å². The van der Waals surface area contributed by atoms with Crippen molar-refractivity contribution in [3.05, 3.63) is 65.4 Å². The number of nitrogens with two attached hydrogens (primary N) is 2. The largest absolute Gasteiger partial charge is 0.497 e. The number of hydrogen-bond donors (Lipinski definition) is 5. The van der Waals surface area contributed by atoms with Crippen molar-refractivity contribution in [1.82, 2.24) is 10.4 Å².